The summed E-state index contributed by atoms with van der Waals surface area (Å²) in [6, 6.07) is 12.3. The third-order valence-corrected chi connectivity index (χ3v) is 4.89. The molecule has 108 valence electrons. The zero-order chi connectivity index (χ0) is 14.4. The van der Waals surface area contributed by atoms with Crippen LogP contribution in [0, 0.1) is 12.8 Å². The van der Waals surface area contributed by atoms with E-state index in [2.05, 4.69) is 18.3 Å². The Morgan fingerprint density at radius 1 is 1.19 bits per heavy atom. The van der Waals surface area contributed by atoms with Gasteiger partial charge in [0, 0.05) is 24.7 Å². The molecule has 0 spiro atoms. The van der Waals surface area contributed by atoms with Crippen LogP contribution in [0.4, 0.5) is 0 Å². The Hall–Kier alpha value is -1.87. The van der Waals surface area contributed by atoms with Crippen molar-refractivity contribution in [3.63, 3.8) is 0 Å². The third-order valence-electron chi connectivity index (χ3n) is 4.89. The van der Waals surface area contributed by atoms with Crippen molar-refractivity contribution in [3.05, 3.63) is 58.0 Å². The summed E-state index contributed by atoms with van der Waals surface area (Å²) in [5.74, 6) is 1.09. The Morgan fingerprint density at radius 2 is 2.00 bits per heavy atom. The summed E-state index contributed by atoms with van der Waals surface area (Å²) < 4.78 is 2.04. The van der Waals surface area contributed by atoms with Gasteiger partial charge in [0.05, 0.1) is 5.56 Å². The van der Waals surface area contributed by atoms with Gasteiger partial charge < -0.3 is 9.88 Å². The fraction of sp³-hybridized carbons (Fsp3) is 0.389. The molecule has 2 unspecified atom stereocenters. The van der Waals surface area contributed by atoms with Crippen molar-refractivity contribution in [2.75, 3.05) is 13.1 Å². The van der Waals surface area contributed by atoms with Crippen LogP contribution >= 0.6 is 0 Å². The van der Waals surface area contributed by atoms with E-state index >= 15 is 0 Å². The number of piperidine rings is 1. The van der Waals surface area contributed by atoms with E-state index in [1.54, 1.807) is 0 Å². The maximum Gasteiger partial charge on any atom is 0.258 e. The molecule has 4 rings (SSSR count). The maximum atomic E-state index is 13.0. The number of nitrogens with one attached hydrogen (secondary N) is 1. The topological polar surface area (TPSA) is 34.0 Å². The molecule has 3 nitrogen and oxygen atoms in total. The predicted molar refractivity (Wildman–Crippen MR) is 84.6 cm³/mol. The molecule has 0 aliphatic carbocycles. The molecular formula is C18H20N2O. The van der Waals surface area contributed by atoms with Crippen LogP contribution in [0.15, 0.2) is 41.2 Å². The highest BCUT2D eigenvalue weighted by molar-refractivity contribution is 5.66. The minimum Gasteiger partial charge on any atom is -0.316 e. The summed E-state index contributed by atoms with van der Waals surface area (Å²) >= 11 is 0. The molecule has 2 aromatic rings. The molecule has 2 bridgehead atoms. The largest absolute Gasteiger partial charge is 0.316 e. The first-order chi connectivity index (χ1) is 10.2. The molecule has 1 aromatic carbocycles. The van der Waals surface area contributed by atoms with Crippen LogP contribution in [-0.2, 0) is 6.54 Å². The van der Waals surface area contributed by atoms with Crippen molar-refractivity contribution >= 4 is 0 Å². The number of aromatic nitrogens is 1. The van der Waals surface area contributed by atoms with Crippen LogP contribution < -0.4 is 10.9 Å². The minimum absolute atomic E-state index is 0.188. The quantitative estimate of drug-likeness (QED) is 0.871. The first-order valence-corrected chi connectivity index (χ1v) is 7.74. The predicted octanol–water partition coefficient (Wildman–Crippen LogP) is 2.53. The fourth-order valence-corrected chi connectivity index (χ4v) is 3.93. The first-order valence-electron chi connectivity index (χ1n) is 7.74. The summed E-state index contributed by atoms with van der Waals surface area (Å²) in [5, 5.41) is 3.50. The Morgan fingerprint density at radius 3 is 2.81 bits per heavy atom. The SMILES string of the molecule is Cc1cc2n(c(=O)c1-c1ccccc1)CC1CNCC2C1. The summed E-state index contributed by atoms with van der Waals surface area (Å²) in [6.45, 7) is 4.96. The van der Waals surface area contributed by atoms with Gasteiger partial charge >= 0.3 is 0 Å². The lowest BCUT2D eigenvalue weighted by atomic mass is 9.83. The number of rotatable bonds is 1. The lowest BCUT2D eigenvalue weighted by Crippen LogP contribution is -2.45. The third kappa shape index (κ3) is 2.04. The standard InChI is InChI=1S/C18H20N2O/c1-12-7-16-15-8-13(9-19-10-15)11-20(16)18(21)17(12)14-5-3-2-4-6-14/h2-7,13,15,19H,8-11H2,1H3. The monoisotopic (exact) mass is 280 g/mol. The minimum atomic E-state index is 0.188. The van der Waals surface area contributed by atoms with Crippen molar-refractivity contribution in [1.29, 1.82) is 0 Å². The second kappa shape index (κ2) is 4.85. The van der Waals surface area contributed by atoms with Crippen molar-refractivity contribution in [2.45, 2.75) is 25.8 Å². The molecule has 2 atom stereocenters. The molecule has 1 aromatic heterocycles. The van der Waals surface area contributed by atoms with Gasteiger partial charge in [-0.15, -0.1) is 0 Å². The highest BCUT2D eigenvalue weighted by Crippen LogP contribution is 2.33. The summed E-state index contributed by atoms with van der Waals surface area (Å²) in [6.07, 6.45) is 1.22. The molecule has 3 heterocycles. The molecule has 3 heteroatoms. The van der Waals surface area contributed by atoms with E-state index in [9.17, 15) is 4.79 Å². The summed E-state index contributed by atoms with van der Waals surface area (Å²) in [4.78, 5) is 13.0. The van der Waals surface area contributed by atoms with Crippen LogP contribution in [0.2, 0.25) is 0 Å². The second-order valence-corrected chi connectivity index (χ2v) is 6.37. The Labute approximate surface area is 124 Å². The summed E-state index contributed by atoms with van der Waals surface area (Å²) in [5.41, 5.74) is 4.41. The molecule has 2 aliphatic rings. The average Bonchev–Trinajstić information content (AvgIpc) is 2.50. The van der Waals surface area contributed by atoms with E-state index in [0.717, 1.165) is 36.3 Å². The van der Waals surface area contributed by atoms with Crippen LogP contribution in [0.3, 0.4) is 0 Å². The number of hydrogen-bond acceptors (Lipinski definition) is 2. The van der Waals surface area contributed by atoms with Crippen molar-refractivity contribution in [1.82, 2.24) is 9.88 Å². The molecule has 1 saturated heterocycles. The van der Waals surface area contributed by atoms with Gasteiger partial charge in [0.25, 0.3) is 5.56 Å². The molecule has 1 fully saturated rings. The first kappa shape index (κ1) is 12.8. The van der Waals surface area contributed by atoms with Crippen molar-refractivity contribution < 1.29 is 0 Å². The number of benzene rings is 1. The number of hydrogen-bond donors (Lipinski definition) is 1. The second-order valence-electron chi connectivity index (χ2n) is 6.37. The van der Waals surface area contributed by atoms with Gasteiger partial charge in [-0.1, -0.05) is 30.3 Å². The van der Waals surface area contributed by atoms with E-state index in [1.807, 2.05) is 34.9 Å². The van der Waals surface area contributed by atoms with Gasteiger partial charge in [-0.3, -0.25) is 4.79 Å². The normalized spacial score (nSPS) is 23.7. The smallest absolute Gasteiger partial charge is 0.258 e. The number of fused-ring (bicyclic) bond motifs is 4. The highest BCUT2D eigenvalue weighted by Gasteiger charge is 2.31. The van der Waals surface area contributed by atoms with Gasteiger partial charge in [0.15, 0.2) is 0 Å². The van der Waals surface area contributed by atoms with Gasteiger partial charge in [-0.2, -0.15) is 0 Å². The molecule has 2 aliphatic heterocycles. The van der Waals surface area contributed by atoms with Crippen molar-refractivity contribution in [3.8, 4) is 11.1 Å². The molecule has 0 saturated carbocycles. The van der Waals surface area contributed by atoms with Crippen LogP contribution in [0.5, 0.6) is 0 Å². The zero-order valence-electron chi connectivity index (χ0n) is 12.3. The van der Waals surface area contributed by atoms with Gasteiger partial charge in [-0.25, -0.2) is 0 Å². The molecule has 0 radical (unpaired) electrons. The Bertz CT molecular complexity index is 733. The average molecular weight is 280 g/mol. The van der Waals surface area contributed by atoms with E-state index in [0.29, 0.717) is 11.8 Å². The lowest BCUT2D eigenvalue weighted by Gasteiger charge is -2.38. The number of pyridine rings is 1. The maximum absolute atomic E-state index is 13.0. The lowest BCUT2D eigenvalue weighted by molar-refractivity contribution is 0.257. The Kier molecular flexibility index (Phi) is 2.96. The molecular weight excluding hydrogens is 260 g/mol. The van der Waals surface area contributed by atoms with Gasteiger partial charge in [0.2, 0.25) is 0 Å². The van der Waals surface area contributed by atoms with Gasteiger partial charge in [0.1, 0.15) is 0 Å². The summed E-state index contributed by atoms with van der Waals surface area (Å²) in [7, 11) is 0. The molecule has 0 amide bonds. The number of nitrogens with zero attached hydrogens (tertiary/aromatic N) is 1. The zero-order valence-corrected chi connectivity index (χ0v) is 12.3. The van der Waals surface area contributed by atoms with Crippen LogP contribution in [0.25, 0.3) is 11.1 Å². The van der Waals surface area contributed by atoms with Crippen molar-refractivity contribution in [2.24, 2.45) is 5.92 Å². The van der Waals surface area contributed by atoms with E-state index < -0.39 is 0 Å². The van der Waals surface area contributed by atoms with Crippen LogP contribution in [0.1, 0.15) is 23.6 Å². The van der Waals surface area contributed by atoms with E-state index in [1.165, 1.54) is 12.1 Å². The Balaban J connectivity index is 1.92. The van der Waals surface area contributed by atoms with E-state index in [-0.39, 0.29) is 5.56 Å². The highest BCUT2D eigenvalue weighted by atomic mass is 16.1. The molecule has 1 N–H and O–H groups in total. The van der Waals surface area contributed by atoms with Crippen LogP contribution in [-0.4, -0.2) is 17.7 Å². The fourth-order valence-electron chi connectivity index (χ4n) is 3.93. The molecule has 21 heavy (non-hydrogen) atoms. The van der Waals surface area contributed by atoms with Gasteiger partial charge in [-0.05, 0) is 43.0 Å². The number of aryl methyl sites for hydroxylation is 1. The van der Waals surface area contributed by atoms with E-state index in [4.69, 9.17) is 0 Å².